The molecule has 0 radical (unpaired) electrons. The van der Waals surface area contributed by atoms with Crippen LogP contribution in [-0.4, -0.2) is 31.3 Å². The first-order valence-corrected chi connectivity index (χ1v) is 5.13. The Morgan fingerprint density at radius 1 is 1.57 bits per heavy atom. The quantitative estimate of drug-likeness (QED) is 0.509. The van der Waals surface area contributed by atoms with E-state index in [0.717, 1.165) is 26.2 Å². The number of ether oxygens (including phenoxy) is 1. The van der Waals surface area contributed by atoms with Crippen molar-refractivity contribution in [1.29, 1.82) is 0 Å². The van der Waals surface area contributed by atoms with Gasteiger partial charge < -0.3 is 15.8 Å². The summed E-state index contributed by atoms with van der Waals surface area (Å²) in [4.78, 5) is 4.29. The highest BCUT2D eigenvalue weighted by molar-refractivity contribution is 5.78. The van der Waals surface area contributed by atoms with Crippen LogP contribution in [-0.2, 0) is 4.74 Å². The number of guanidine groups is 1. The SMILES string of the molecule is CC(C)(C)NC(N)=NCC1CCOC1. The number of aliphatic imine (C=N–C) groups is 1. The van der Waals surface area contributed by atoms with Crippen molar-refractivity contribution in [1.82, 2.24) is 5.32 Å². The van der Waals surface area contributed by atoms with Crippen molar-refractivity contribution in [3.05, 3.63) is 0 Å². The molecule has 1 aliphatic heterocycles. The van der Waals surface area contributed by atoms with Crippen molar-refractivity contribution < 1.29 is 4.74 Å². The van der Waals surface area contributed by atoms with Crippen LogP contribution >= 0.6 is 0 Å². The lowest BCUT2D eigenvalue weighted by Gasteiger charge is -2.21. The van der Waals surface area contributed by atoms with Crippen LogP contribution in [0.3, 0.4) is 0 Å². The Labute approximate surface area is 85.9 Å². The second-order valence-electron chi connectivity index (χ2n) is 4.83. The normalized spacial score (nSPS) is 23.9. The molecule has 0 aromatic carbocycles. The zero-order chi connectivity index (χ0) is 10.6. The number of hydrogen-bond acceptors (Lipinski definition) is 2. The fraction of sp³-hybridized carbons (Fsp3) is 0.900. The summed E-state index contributed by atoms with van der Waals surface area (Å²) in [6.07, 6.45) is 1.10. The summed E-state index contributed by atoms with van der Waals surface area (Å²) in [7, 11) is 0. The molecule has 3 N–H and O–H groups in total. The number of nitrogens with zero attached hydrogens (tertiary/aromatic N) is 1. The van der Waals surface area contributed by atoms with E-state index in [1.807, 2.05) is 0 Å². The largest absolute Gasteiger partial charge is 0.381 e. The summed E-state index contributed by atoms with van der Waals surface area (Å²) in [6, 6.07) is 0. The van der Waals surface area contributed by atoms with E-state index < -0.39 is 0 Å². The molecule has 4 heteroatoms. The second kappa shape index (κ2) is 4.64. The molecule has 0 aliphatic carbocycles. The van der Waals surface area contributed by atoms with Crippen molar-refractivity contribution in [2.45, 2.75) is 32.7 Å². The molecule has 1 aliphatic rings. The van der Waals surface area contributed by atoms with E-state index in [1.54, 1.807) is 0 Å². The molecule has 0 aromatic heterocycles. The van der Waals surface area contributed by atoms with Gasteiger partial charge in [-0.25, -0.2) is 0 Å². The minimum atomic E-state index is -0.0141. The molecule has 0 amide bonds. The number of nitrogens with two attached hydrogens (primary N) is 1. The van der Waals surface area contributed by atoms with Crippen molar-refractivity contribution in [2.24, 2.45) is 16.6 Å². The minimum Gasteiger partial charge on any atom is -0.381 e. The smallest absolute Gasteiger partial charge is 0.188 e. The molecule has 4 nitrogen and oxygen atoms in total. The van der Waals surface area contributed by atoms with Crippen molar-refractivity contribution in [3.63, 3.8) is 0 Å². The van der Waals surface area contributed by atoms with Crippen LogP contribution in [0.5, 0.6) is 0 Å². The molecule has 1 unspecified atom stereocenters. The maximum absolute atomic E-state index is 5.74. The Hall–Kier alpha value is -0.770. The van der Waals surface area contributed by atoms with Crippen LogP contribution in [0.15, 0.2) is 4.99 Å². The van der Waals surface area contributed by atoms with Crippen molar-refractivity contribution in [2.75, 3.05) is 19.8 Å². The third-order valence-electron chi connectivity index (χ3n) is 2.05. The minimum absolute atomic E-state index is 0.0141. The topological polar surface area (TPSA) is 59.6 Å². The standard InChI is InChI=1S/C10H21N3O/c1-10(2,3)13-9(11)12-6-8-4-5-14-7-8/h8H,4-7H2,1-3H3,(H3,11,12,13). The van der Waals surface area contributed by atoms with Gasteiger partial charge in [-0.2, -0.15) is 0 Å². The molecule has 82 valence electrons. The van der Waals surface area contributed by atoms with Crippen LogP contribution in [0.2, 0.25) is 0 Å². The lowest BCUT2D eigenvalue weighted by molar-refractivity contribution is 0.187. The zero-order valence-electron chi connectivity index (χ0n) is 9.34. The zero-order valence-corrected chi connectivity index (χ0v) is 9.34. The summed E-state index contributed by atoms with van der Waals surface area (Å²) in [5.74, 6) is 1.08. The highest BCUT2D eigenvalue weighted by atomic mass is 16.5. The predicted molar refractivity (Wildman–Crippen MR) is 58.3 cm³/mol. The highest BCUT2D eigenvalue weighted by Gasteiger charge is 2.15. The van der Waals surface area contributed by atoms with Crippen LogP contribution in [0.25, 0.3) is 0 Å². The molecule has 0 saturated carbocycles. The predicted octanol–water partition coefficient (Wildman–Crippen LogP) is 0.726. The van der Waals surface area contributed by atoms with Gasteiger partial charge in [-0.05, 0) is 27.2 Å². The molecule has 1 heterocycles. The fourth-order valence-corrected chi connectivity index (χ4v) is 1.38. The average Bonchev–Trinajstić information content (AvgIpc) is 2.49. The summed E-state index contributed by atoms with van der Waals surface area (Å²) in [6.45, 7) is 8.66. The third kappa shape index (κ3) is 4.46. The second-order valence-corrected chi connectivity index (χ2v) is 4.83. The van der Waals surface area contributed by atoms with Gasteiger partial charge in [0, 0.05) is 24.6 Å². The van der Waals surface area contributed by atoms with Gasteiger partial charge in [0.1, 0.15) is 0 Å². The maximum atomic E-state index is 5.74. The maximum Gasteiger partial charge on any atom is 0.188 e. The number of rotatable bonds is 2. The molecule has 1 atom stereocenters. The van der Waals surface area contributed by atoms with Gasteiger partial charge in [-0.3, -0.25) is 4.99 Å². The molecule has 0 spiro atoms. The third-order valence-corrected chi connectivity index (χ3v) is 2.05. The molecule has 1 rings (SSSR count). The first-order chi connectivity index (χ1) is 6.47. The Kier molecular flexibility index (Phi) is 3.75. The molecule has 0 aromatic rings. The van der Waals surface area contributed by atoms with Gasteiger partial charge in [-0.15, -0.1) is 0 Å². The summed E-state index contributed by atoms with van der Waals surface area (Å²) < 4.78 is 5.26. The summed E-state index contributed by atoms with van der Waals surface area (Å²) >= 11 is 0. The van der Waals surface area contributed by atoms with Gasteiger partial charge in [-0.1, -0.05) is 0 Å². The van der Waals surface area contributed by atoms with E-state index in [-0.39, 0.29) is 5.54 Å². The van der Waals surface area contributed by atoms with E-state index in [1.165, 1.54) is 0 Å². The summed E-state index contributed by atoms with van der Waals surface area (Å²) in [5.41, 5.74) is 5.72. The van der Waals surface area contributed by atoms with E-state index in [4.69, 9.17) is 10.5 Å². The van der Waals surface area contributed by atoms with Crippen LogP contribution in [0.4, 0.5) is 0 Å². The van der Waals surface area contributed by atoms with Crippen molar-refractivity contribution in [3.8, 4) is 0 Å². The Balaban J connectivity index is 2.28. The molecule has 0 bridgehead atoms. The molecule has 1 fully saturated rings. The number of hydrogen-bond donors (Lipinski definition) is 2. The van der Waals surface area contributed by atoms with Crippen LogP contribution < -0.4 is 11.1 Å². The van der Waals surface area contributed by atoms with Crippen molar-refractivity contribution >= 4 is 5.96 Å². The molecule has 14 heavy (non-hydrogen) atoms. The van der Waals surface area contributed by atoms with Crippen LogP contribution in [0, 0.1) is 5.92 Å². The van der Waals surface area contributed by atoms with Gasteiger partial charge in [0.05, 0.1) is 6.61 Å². The first-order valence-electron chi connectivity index (χ1n) is 5.13. The van der Waals surface area contributed by atoms with E-state index in [0.29, 0.717) is 11.9 Å². The molecular weight excluding hydrogens is 178 g/mol. The van der Waals surface area contributed by atoms with Gasteiger partial charge in [0.15, 0.2) is 5.96 Å². The monoisotopic (exact) mass is 199 g/mol. The van der Waals surface area contributed by atoms with Gasteiger partial charge >= 0.3 is 0 Å². The first kappa shape index (κ1) is 11.3. The van der Waals surface area contributed by atoms with Gasteiger partial charge in [0.25, 0.3) is 0 Å². The van der Waals surface area contributed by atoms with E-state index in [9.17, 15) is 0 Å². The Bertz CT molecular complexity index is 202. The van der Waals surface area contributed by atoms with E-state index in [2.05, 4.69) is 31.1 Å². The van der Waals surface area contributed by atoms with E-state index >= 15 is 0 Å². The Morgan fingerprint density at radius 2 is 2.29 bits per heavy atom. The fourth-order valence-electron chi connectivity index (χ4n) is 1.38. The number of nitrogens with one attached hydrogen (secondary N) is 1. The summed E-state index contributed by atoms with van der Waals surface area (Å²) in [5, 5.41) is 3.13. The van der Waals surface area contributed by atoms with Gasteiger partial charge in [0.2, 0.25) is 0 Å². The lowest BCUT2D eigenvalue weighted by atomic mass is 10.1. The lowest BCUT2D eigenvalue weighted by Crippen LogP contribution is -2.45. The molecule has 1 saturated heterocycles. The van der Waals surface area contributed by atoms with Crippen LogP contribution in [0.1, 0.15) is 27.2 Å². The average molecular weight is 199 g/mol. The molecular formula is C10H21N3O. The Morgan fingerprint density at radius 3 is 2.79 bits per heavy atom. The highest BCUT2D eigenvalue weighted by Crippen LogP contribution is 2.11.